The molecule has 0 saturated heterocycles. The van der Waals surface area contributed by atoms with Crippen molar-refractivity contribution in [3.05, 3.63) is 29.8 Å². The highest BCUT2D eigenvalue weighted by Gasteiger charge is 2.25. The van der Waals surface area contributed by atoms with E-state index in [4.69, 9.17) is 4.74 Å². The first-order valence-corrected chi connectivity index (χ1v) is 5.74. The molecule has 0 spiro atoms. The van der Waals surface area contributed by atoms with E-state index in [1.165, 1.54) is 13.5 Å². The zero-order valence-electron chi connectivity index (χ0n) is 9.76. The first kappa shape index (κ1) is 11.9. The Hall–Kier alpha value is -1.55. The number of hydrogen-bond acceptors (Lipinski definition) is 4. The van der Waals surface area contributed by atoms with E-state index in [1.54, 1.807) is 18.2 Å². The quantitative estimate of drug-likeness (QED) is 0.810. The molecule has 2 rings (SSSR count). The second-order valence-electron chi connectivity index (χ2n) is 4.13. The highest BCUT2D eigenvalue weighted by atomic mass is 16.5. The van der Waals surface area contributed by atoms with Gasteiger partial charge in [0, 0.05) is 5.56 Å². The van der Waals surface area contributed by atoms with E-state index >= 15 is 0 Å². The van der Waals surface area contributed by atoms with Gasteiger partial charge in [-0.25, -0.2) is 4.79 Å². The SMILES string of the molecule is COC(=O)C(O)c1ccccc1OC1CCC1. The van der Waals surface area contributed by atoms with Crippen LogP contribution in [-0.2, 0) is 9.53 Å². The van der Waals surface area contributed by atoms with Crippen LogP contribution < -0.4 is 4.74 Å². The minimum absolute atomic E-state index is 0.209. The molecule has 1 unspecified atom stereocenters. The lowest BCUT2D eigenvalue weighted by atomic mass is 9.96. The van der Waals surface area contributed by atoms with Gasteiger partial charge in [-0.2, -0.15) is 0 Å². The van der Waals surface area contributed by atoms with Crippen LogP contribution in [0.15, 0.2) is 24.3 Å². The van der Waals surface area contributed by atoms with Gasteiger partial charge in [0.05, 0.1) is 13.2 Å². The third-order valence-corrected chi connectivity index (χ3v) is 2.98. The smallest absolute Gasteiger partial charge is 0.339 e. The molecule has 1 aromatic carbocycles. The maximum Gasteiger partial charge on any atom is 0.339 e. The number of aliphatic hydroxyl groups is 1. The molecule has 4 heteroatoms. The fourth-order valence-electron chi connectivity index (χ4n) is 1.72. The summed E-state index contributed by atoms with van der Waals surface area (Å²) in [5, 5.41) is 9.82. The highest BCUT2D eigenvalue weighted by Crippen LogP contribution is 2.31. The fourth-order valence-corrected chi connectivity index (χ4v) is 1.72. The zero-order chi connectivity index (χ0) is 12.3. The molecule has 0 bridgehead atoms. The Labute approximate surface area is 100 Å². The molecule has 1 fully saturated rings. The Balaban J connectivity index is 2.16. The number of hydrogen-bond donors (Lipinski definition) is 1. The van der Waals surface area contributed by atoms with Crippen LogP contribution in [0.1, 0.15) is 30.9 Å². The van der Waals surface area contributed by atoms with Crippen molar-refractivity contribution in [1.82, 2.24) is 0 Å². The number of rotatable bonds is 4. The molecule has 1 aromatic rings. The molecule has 0 heterocycles. The van der Waals surface area contributed by atoms with Crippen LogP contribution in [0.25, 0.3) is 0 Å². The Bertz CT molecular complexity index is 398. The molecule has 1 N–H and O–H groups in total. The lowest BCUT2D eigenvalue weighted by Crippen LogP contribution is -2.25. The third-order valence-electron chi connectivity index (χ3n) is 2.98. The average Bonchev–Trinajstić information content (AvgIpc) is 2.32. The van der Waals surface area contributed by atoms with Gasteiger partial charge in [-0.05, 0) is 25.3 Å². The number of methoxy groups -OCH3 is 1. The summed E-state index contributed by atoms with van der Waals surface area (Å²) in [5.41, 5.74) is 0.464. The Kier molecular flexibility index (Phi) is 3.64. The minimum atomic E-state index is -1.28. The maximum absolute atomic E-state index is 11.3. The molecule has 92 valence electrons. The van der Waals surface area contributed by atoms with E-state index in [-0.39, 0.29) is 6.10 Å². The number of carbonyl (C=O) groups is 1. The van der Waals surface area contributed by atoms with Crippen molar-refractivity contribution in [3.8, 4) is 5.75 Å². The first-order chi connectivity index (χ1) is 8.22. The van der Waals surface area contributed by atoms with Gasteiger partial charge in [0.2, 0.25) is 0 Å². The van der Waals surface area contributed by atoms with Gasteiger partial charge in [0.1, 0.15) is 5.75 Å². The van der Waals surface area contributed by atoms with E-state index in [0.29, 0.717) is 11.3 Å². The van der Waals surface area contributed by atoms with Gasteiger partial charge in [-0.15, -0.1) is 0 Å². The van der Waals surface area contributed by atoms with E-state index in [0.717, 1.165) is 12.8 Å². The largest absolute Gasteiger partial charge is 0.490 e. The number of aliphatic hydroxyl groups excluding tert-OH is 1. The number of ether oxygens (including phenoxy) is 2. The van der Waals surface area contributed by atoms with Crippen LogP contribution in [0.2, 0.25) is 0 Å². The van der Waals surface area contributed by atoms with Crippen LogP contribution in [0.5, 0.6) is 5.75 Å². The molecular weight excluding hydrogens is 220 g/mol. The summed E-state index contributed by atoms with van der Waals surface area (Å²) in [5.74, 6) is -0.107. The summed E-state index contributed by atoms with van der Waals surface area (Å²) in [4.78, 5) is 11.3. The van der Waals surface area contributed by atoms with Crippen molar-refractivity contribution < 1.29 is 19.4 Å². The van der Waals surface area contributed by atoms with Crippen LogP contribution in [0.4, 0.5) is 0 Å². The highest BCUT2D eigenvalue weighted by molar-refractivity contribution is 5.77. The number of para-hydroxylation sites is 1. The number of esters is 1. The van der Waals surface area contributed by atoms with Gasteiger partial charge >= 0.3 is 5.97 Å². The molecule has 1 saturated carbocycles. The topological polar surface area (TPSA) is 55.8 Å². The summed E-state index contributed by atoms with van der Waals surface area (Å²) in [6.45, 7) is 0. The molecule has 17 heavy (non-hydrogen) atoms. The van der Waals surface area contributed by atoms with Gasteiger partial charge in [0.15, 0.2) is 6.10 Å². The summed E-state index contributed by atoms with van der Waals surface area (Å²) in [6.07, 6.45) is 2.16. The minimum Gasteiger partial charge on any atom is -0.490 e. The number of carbonyl (C=O) groups excluding carboxylic acids is 1. The van der Waals surface area contributed by atoms with Crippen molar-refractivity contribution in [2.24, 2.45) is 0 Å². The Morgan fingerprint density at radius 3 is 2.71 bits per heavy atom. The van der Waals surface area contributed by atoms with Crippen molar-refractivity contribution in [1.29, 1.82) is 0 Å². The van der Waals surface area contributed by atoms with Gasteiger partial charge in [0.25, 0.3) is 0 Å². The van der Waals surface area contributed by atoms with Gasteiger partial charge in [-0.1, -0.05) is 18.2 Å². The molecule has 4 nitrogen and oxygen atoms in total. The monoisotopic (exact) mass is 236 g/mol. The van der Waals surface area contributed by atoms with E-state index in [1.807, 2.05) is 6.07 Å². The van der Waals surface area contributed by atoms with Crippen LogP contribution in [0, 0.1) is 0 Å². The predicted molar refractivity (Wildman–Crippen MR) is 61.7 cm³/mol. The van der Waals surface area contributed by atoms with Crippen LogP contribution in [-0.4, -0.2) is 24.3 Å². The lowest BCUT2D eigenvalue weighted by Gasteiger charge is -2.27. The first-order valence-electron chi connectivity index (χ1n) is 5.74. The fraction of sp³-hybridized carbons (Fsp3) is 0.462. The molecule has 1 atom stereocenters. The van der Waals surface area contributed by atoms with Crippen molar-refractivity contribution in [2.75, 3.05) is 7.11 Å². The Morgan fingerprint density at radius 1 is 1.41 bits per heavy atom. The number of benzene rings is 1. The molecule has 0 aliphatic heterocycles. The van der Waals surface area contributed by atoms with Crippen molar-refractivity contribution in [2.45, 2.75) is 31.5 Å². The summed E-state index contributed by atoms with van der Waals surface area (Å²) < 4.78 is 10.3. The molecular formula is C13H16O4. The lowest BCUT2D eigenvalue weighted by molar-refractivity contribution is -0.150. The van der Waals surface area contributed by atoms with Crippen molar-refractivity contribution >= 4 is 5.97 Å². The Morgan fingerprint density at radius 2 is 2.12 bits per heavy atom. The average molecular weight is 236 g/mol. The third kappa shape index (κ3) is 2.58. The standard InChI is InChI=1S/C13H16O4/c1-16-13(15)12(14)10-7-2-3-8-11(10)17-9-5-4-6-9/h2-3,7-9,12,14H,4-6H2,1H3. The molecule has 0 radical (unpaired) electrons. The second-order valence-corrected chi connectivity index (χ2v) is 4.13. The van der Waals surface area contributed by atoms with E-state index in [9.17, 15) is 9.90 Å². The molecule has 0 aromatic heterocycles. The molecule has 1 aliphatic carbocycles. The summed E-state index contributed by atoms with van der Waals surface area (Å²) in [6, 6.07) is 7.02. The second kappa shape index (κ2) is 5.19. The van der Waals surface area contributed by atoms with Gasteiger partial charge in [-0.3, -0.25) is 0 Å². The van der Waals surface area contributed by atoms with Crippen LogP contribution >= 0.6 is 0 Å². The summed E-state index contributed by atoms with van der Waals surface area (Å²) in [7, 11) is 1.25. The van der Waals surface area contributed by atoms with Gasteiger partial charge < -0.3 is 14.6 Å². The van der Waals surface area contributed by atoms with Crippen LogP contribution in [0.3, 0.4) is 0 Å². The summed E-state index contributed by atoms with van der Waals surface area (Å²) >= 11 is 0. The molecule has 0 amide bonds. The predicted octanol–water partition coefficient (Wildman–Crippen LogP) is 1.82. The maximum atomic E-state index is 11.3. The van der Waals surface area contributed by atoms with E-state index in [2.05, 4.69) is 4.74 Å². The normalized spacial score (nSPS) is 17.1. The van der Waals surface area contributed by atoms with Crippen molar-refractivity contribution in [3.63, 3.8) is 0 Å². The van der Waals surface area contributed by atoms with E-state index < -0.39 is 12.1 Å². The molecule has 1 aliphatic rings. The zero-order valence-corrected chi connectivity index (χ0v) is 9.76.